The normalized spacial score (nSPS) is 9.60. The Bertz CT molecular complexity index is 425. The smallest absolute Gasteiger partial charge is 0.414 e. The summed E-state index contributed by atoms with van der Waals surface area (Å²) in [4.78, 5) is 20.4. The first-order valence-corrected chi connectivity index (χ1v) is 6.90. The van der Waals surface area contributed by atoms with Crippen molar-refractivity contribution in [2.24, 2.45) is 0 Å². The summed E-state index contributed by atoms with van der Waals surface area (Å²) in [5.41, 5.74) is 0. The molecule has 6 nitrogen and oxygen atoms in total. The Labute approximate surface area is 131 Å². The Morgan fingerprint density at radius 1 is 1.20 bits per heavy atom. The lowest BCUT2D eigenvalue weighted by Crippen LogP contribution is -2.15. The number of halogens is 1. The van der Waals surface area contributed by atoms with Crippen molar-refractivity contribution >= 4 is 34.5 Å². The van der Waals surface area contributed by atoms with Gasteiger partial charge in [-0.15, -0.1) is 0 Å². The molecule has 0 fully saturated rings. The number of nitrogens with zero attached hydrogens (tertiary/aromatic N) is 1. The largest absolute Gasteiger partial charge is 0.492 e. The van der Waals surface area contributed by atoms with Crippen LogP contribution in [0.2, 0.25) is 0 Å². The van der Waals surface area contributed by atoms with Crippen LogP contribution >= 0.6 is 22.6 Å². The number of ether oxygens (including phenoxy) is 1. The van der Waals surface area contributed by atoms with E-state index >= 15 is 0 Å². The van der Waals surface area contributed by atoms with Gasteiger partial charge in [-0.05, 0) is 55.2 Å². The molecule has 0 saturated carbocycles. The van der Waals surface area contributed by atoms with E-state index in [1.807, 2.05) is 18.2 Å². The summed E-state index contributed by atoms with van der Waals surface area (Å²) >= 11 is 2.29. The SMILES string of the molecule is CN(C)CCCOc1ccccc1I.O=C(O)C(=O)O. The van der Waals surface area contributed by atoms with Crippen molar-refractivity contribution in [3.8, 4) is 5.75 Å². The molecule has 112 valence electrons. The second-order valence-corrected chi connectivity index (χ2v) is 5.21. The maximum atomic E-state index is 9.10. The van der Waals surface area contributed by atoms with Crippen LogP contribution in [-0.4, -0.2) is 54.3 Å². The fourth-order valence-corrected chi connectivity index (χ4v) is 1.67. The number of carboxylic acids is 2. The van der Waals surface area contributed by atoms with Crippen molar-refractivity contribution in [2.45, 2.75) is 6.42 Å². The number of hydrogen-bond acceptors (Lipinski definition) is 4. The third-order valence-corrected chi connectivity index (χ3v) is 2.92. The van der Waals surface area contributed by atoms with E-state index in [1.165, 1.54) is 3.57 Å². The summed E-state index contributed by atoms with van der Waals surface area (Å²) in [6.07, 6.45) is 1.07. The standard InChI is InChI=1S/C11H16INO.C2H2O4/c1-13(2)8-5-9-14-11-7-4-3-6-10(11)12;3-1(4)2(5)6/h3-4,6-7H,5,8-9H2,1-2H3;(H,3,4)(H,5,6). The lowest BCUT2D eigenvalue weighted by atomic mass is 10.3. The number of rotatable bonds is 5. The molecule has 0 aromatic heterocycles. The first-order chi connectivity index (χ1) is 9.34. The van der Waals surface area contributed by atoms with Gasteiger partial charge in [-0.3, -0.25) is 0 Å². The lowest BCUT2D eigenvalue weighted by molar-refractivity contribution is -0.159. The Hall–Kier alpha value is -1.35. The molecule has 1 aromatic rings. The van der Waals surface area contributed by atoms with Gasteiger partial charge < -0.3 is 19.8 Å². The van der Waals surface area contributed by atoms with Crippen molar-refractivity contribution in [3.05, 3.63) is 27.8 Å². The quantitative estimate of drug-likeness (QED) is 0.449. The molecule has 0 aliphatic heterocycles. The summed E-state index contributed by atoms with van der Waals surface area (Å²) in [6.45, 7) is 1.86. The first-order valence-electron chi connectivity index (χ1n) is 5.83. The predicted octanol–water partition coefficient (Wildman–Crippen LogP) is 1.78. The Morgan fingerprint density at radius 2 is 1.75 bits per heavy atom. The van der Waals surface area contributed by atoms with Gasteiger partial charge in [0, 0.05) is 6.54 Å². The van der Waals surface area contributed by atoms with Crippen molar-refractivity contribution in [1.82, 2.24) is 4.90 Å². The van der Waals surface area contributed by atoms with Crippen LogP contribution < -0.4 is 4.74 Å². The number of benzene rings is 1. The summed E-state index contributed by atoms with van der Waals surface area (Å²) in [5, 5.41) is 14.8. The van der Waals surface area contributed by atoms with Gasteiger partial charge in [-0.1, -0.05) is 12.1 Å². The van der Waals surface area contributed by atoms with Gasteiger partial charge in [-0.25, -0.2) is 9.59 Å². The van der Waals surface area contributed by atoms with E-state index in [9.17, 15) is 0 Å². The minimum absolute atomic E-state index is 0.790. The van der Waals surface area contributed by atoms with Crippen LogP contribution in [0.5, 0.6) is 5.75 Å². The van der Waals surface area contributed by atoms with Gasteiger partial charge in [0.2, 0.25) is 0 Å². The van der Waals surface area contributed by atoms with Crippen molar-refractivity contribution < 1.29 is 24.5 Å². The molecule has 20 heavy (non-hydrogen) atoms. The number of hydrogen-bond donors (Lipinski definition) is 2. The zero-order chi connectivity index (χ0) is 15.5. The molecule has 1 aromatic carbocycles. The fraction of sp³-hybridized carbons (Fsp3) is 0.385. The van der Waals surface area contributed by atoms with Crippen LogP contribution in [0.1, 0.15) is 6.42 Å². The number of carbonyl (C=O) groups is 2. The van der Waals surface area contributed by atoms with Crippen LogP contribution in [0.15, 0.2) is 24.3 Å². The van der Waals surface area contributed by atoms with Crippen LogP contribution in [0, 0.1) is 3.57 Å². The minimum atomic E-state index is -1.82. The number of aliphatic carboxylic acids is 2. The summed E-state index contributed by atoms with van der Waals surface area (Å²) in [7, 11) is 4.15. The lowest BCUT2D eigenvalue weighted by Gasteiger charge is -2.11. The predicted molar refractivity (Wildman–Crippen MR) is 83.1 cm³/mol. The highest BCUT2D eigenvalue weighted by molar-refractivity contribution is 14.1. The summed E-state index contributed by atoms with van der Waals surface area (Å²) < 4.78 is 6.83. The molecule has 0 spiro atoms. The van der Waals surface area contributed by atoms with Gasteiger partial charge in [0.25, 0.3) is 0 Å². The highest BCUT2D eigenvalue weighted by atomic mass is 127. The summed E-state index contributed by atoms with van der Waals surface area (Å²) in [5.74, 6) is -2.66. The molecular weight excluding hydrogens is 377 g/mol. The minimum Gasteiger partial charge on any atom is -0.492 e. The highest BCUT2D eigenvalue weighted by Gasteiger charge is 2.04. The van der Waals surface area contributed by atoms with Gasteiger partial charge in [0.05, 0.1) is 10.2 Å². The van der Waals surface area contributed by atoms with Gasteiger partial charge in [-0.2, -0.15) is 0 Å². The first kappa shape index (κ1) is 18.7. The molecule has 0 amide bonds. The average Bonchev–Trinajstić information content (AvgIpc) is 2.37. The monoisotopic (exact) mass is 395 g/mol. The molecule has 2 N–H and O–H groups in total. The van der Waals surface area contributed by atoms with Crippen LogP contribution in [0.4, 0.5) is 0 Å². The third-order valence-electron chi connectivity index (χ3n) is 2.03. The molecule has 0 atom stereocenters. The van der Waals surface area contributed by atoms with Crippen molar-refractivity contribution in [2.75, 3.05) is 27.2 Å². The van der Waals surface area contributed by atoms with E-state index in [-0.39, 0.29) is 0 Å². The van der Waals surface area contributed by atoms with E-state index in [1.54, 1.807) is 0 Å². The molecule has 1 rings (SSSR count). The van der Waals surface area contributed by atoms with Crippen LogP contribution in [0.25, 0.3) is 0 Å². The van der Waals surface area contributed by atoms with E-state index in [0.717, 1.165) is 25.3 Å². The zero-order valence-corrected chi connectivity index (χ0v) is 13.5. The maximum absolute atomic E-state index is 9.10. The molecule has 0 aliphatic rings. The Morgan fingerprint density at radius 3 is 2.20 bits per heavy atom. The molecule has 0 radical (unpaired) electrons. The van der Waals surface area contributed by atoms with E-state index < -0.39 is 11.9 Å². The molecule has 0 bridgehead atoms. The number of para-hydroxylation sites is 1. The van der Waals surface area contributed by atoms with E-state index in [0.29, 0.717) is 0 Å². The average molecular weight is 395 g/mol. The molecule has 7 heteroatoms. The van der Waals surface area contributed by atoms with Gasteiger partial charge in [0.1, 0.15) is 5.75 Å². The highest BCUT2D eigenvalue weighted by Crippen LogP contribution is 2.19. The molecular formula is C13H18INO5. The Balaban J connectivity index is 0.000000511. The van der Waals surface area contributed by atoms with Crippen LogP contribution in [-0.2, 0) is 9.59 Å². The van der Waals surface area contributed by atoms with Gasteiger partial charge in [0.15, 0.2) is 0 Å². The second kappa shape index (κ2) is 10.4. The molecule has 0 unspecified atom stereocenters. The third kappa shape index (κ3) is 9.56. The molecule has 0 saturated heterocycles. The topological polar surface area (TPSA) is 87.1 Å². The molecule has 0 heterocycles. The summed E-state index contributed by atoms with van der Waals surface area (Å²) in [6, 6.07) is 8.09. The maximum Gasteiger partial charge on any atom is 0.414 e. The zero-order valence-electron chi connectivity index (χ0n) is 11.4. The number of carboxylic acid groups (broad SMARTS) is 2. The van der Waals surface area contributed by atoms with Crippen molar-refractivity contribution in [1.29, 1.82) is 0 Å². The van der Waals surface area contributed by atoms with Crippen molar-refractivity contribution in [3.63, 3.8) is 0 Å². The Kier molecular flexibility index (Phi) is 9.73. The second-order valence-electron chi connectivity index (χ2n) is 4.05. The van der Waals surface area contributed by atoms with E-state index in [4.69, 9.17) is 24.5 Å². The molecule has 0 aliphatic carbocycles. The van der Waals surface area contributed by atoms with Gasteiger partial charge >= 0.3 is 11.9 Å². The fourth-order valence-electron chi connectivity index (χ4n) is 1.12. The van der Waals surface area contributed by atoms with Crippen LogP contribution in [0.3, 0.4) is 0 Å². The van der Waals surface area contributed by atoms with E-state index in [2.05, 4.69) is 47.7 Å².